The Morgan fingerprint density at radius 2 is 1.28 bits per heavy atom. The second-order valence-electron chi connectivity index (χ2n) is 7.90. The number of aliphatic hydroxyl groups excluding tert-OH is 1. The molecule has 0 aliphatic heterocycles. The van der Waals surface area contributed by atoms with E-state index in [0.717, 1.165) is 12.8 Å². The summed E-state index contributed by atoms with van der Waals surface area (Å²) in [6.07, 6.45) is 1.83. The second kappa shape index (κ2) is 12.6. The summed E-state index contributed by atoms with van der Waals surface area (Å²) in [7, 11) is 11.1. The van der Waals surface area contributed by atoms with Crippen LogP contribution in [-0.2, 0) is 25.3 Å². The van der Waals surface area contributed by atoms with Gasteiger partial charge in [0.1, 0.15) is 0 Å². The first kappa shape index (κ1) is 25.1. The Balaban J connectivity index is 0.000000146. The van der Waals surface area contributed by atoms with Crippen molar-refractivity contribution in [2.24, 2.45) is 0 Å². The van der Waals surface area contributed by atoms with E-state index in [2.05, 4.69) is 91.0 Å². The normalized spacial score (nSPS) is 10.4. The van der Waals surface area contributed by atoms with Crippen LogP contribution in [0.4, 0.5) is 0 Å². The minimum absolute atomic E-state index is 0.279. The Kier molecular flexibility index (Phi) is 9.88. The number of aryl methyl sites for hydroxylation is 1. The molecule has 1 nitrogen and oxygen atoms in total. The minimum Gasteiger partial charge on any atom is -0.396 e. The van der Waals surface area contributed by atoms with Crippen LogP contribution in [0.5, 0.6) is 0 Å². The van der Waals surface area contributed by atoms with Gasteiger partial charge in [0.25, 0.3) is 0 Å². The number of halogens is 2. The van der Waals surface area contributed by atoms with Gasteiger partial charge in [-0.3, -0.25) is 0 Å². The second-order valence-corrected chi connectivity index (χ2v) is 17.3. The van der Waals surface area contributed by atoms with Gasteiger partial charge in [-0.05, 0) is 12.8 Å². The fourth-order valence-corrected chi connectivity index (χ4v) is 3.55. The number of rotatable bonds is 3. The zero-order chi connectivity index (χ0) is 22.9. The molecule has 0 unspecified atom stereocenters. The van der Waals surface area contributed by atoms with E-state index in [0.29, 0.717) is 0 Å². The summed E-state index contributed by atoms with van der Waals surface area (Å²) in [5.74, 6) is 0. The van der Waals surface area contributed by atoms with Crippen molar-refractivity contribution in [2.45, 2.75) is 26.7 Å². The molecule has 0 amide bonds. The van der Waals surface area contributed by atoms with E-state index in [9.17, 15) is 0 Å². The molecule has 0 saturated heterocycles. The molecule has 0 fully saturated rings. The van der Waals surface area contributed by atoms with Crippen molar-refractivity contribution in [1.29, 1.82) is 0 Å². The first-order valence-electron chi connectivity index (χ1n) is 10.8. The van der Waals surface area contributed by atoms with Crippen molar-refractivity contribution >= 4 is 52.5 Å². The maximum Gasteiger partial charge on any atom is 0.0433 e. The van der Waals surface area contributed by atoms with E-state index in [1.54, 1.807) is 0 Å². The SMILES string of the molecule is C[C](C)=[Zr]([Cl])[Cl].OCCCc1cc2ccccc2[cH-]1.c1ccc2c(c1)[cH-]c1ccccc12. The van der Waals surface area contributed by atoms with E-state index < -0.39 is 18.9 Å². The molecule has 0 aliphatic rings. The third kappa shape index (κ3) is 6.96. The van der Waals surface area contributed by atoms with Crippen LogP contribution in [0.25, 0.3) is 32.3 Å². The Labute approximate surface area is 205 Å². The van der Waals surface area contributed by atoms with Crippen LogP contribution >= 0.6 is 17.0 Å². The van der Waals surface area contributed by atoms with Gasteiger partial charge in [-0.1, -0.05) is 42.5 Å². The average Bonchev–Trinajstić information content (AvgIpc) is 3.39. The van der Waals surface area contributed by atoms with Gasteiger partial charge in [-0.15, -0.1) is 80.3 Å². The van der Waals surface area contributed by atoms with Gasteiger partial charge in [-0.25, -0.2) is 0 Å². The summed E-state index contributed by atoms with van der Waals surface area (Å²) < 4.78 is 1.24. The fourth-order valence-electron chi connectivity index (χ4n) is 3.55. The molecule has 0 radical (unpaired) electrons. The molecule has 0 atom stereocenters. The molecule has 166 valence electrons. The van der Waals surface area contributed by atoms with Gasteiger partial charge in [0.15, 0.2) is 0 Å². The Morgan fingerprint density at radius 3 is 1.78 bits per heavy atom. The monoisotopic (exact) mass is 540 g/mol. The van der Waals surface area contributed by atoms with E-state index in [1.807, 2.05) is 13.8 Å². The summed E-state index contributed by atoms with van der Waals surface area (Å²) in [5.41, 5.74) is 1.33. The summed E-state index contributed by atoms with van der Waals surface area (Å²) in [6, 6.07) is 32.0. The maximum absolute atomic E-state index is 8.70. The Hall–Kier alpha value is -1.57. The van der Waals surface area contributed by atoms with Crippen molar-refractivity contribution in [1.82, 2.24) is 0 Å². The molecular weight excluding hydrogens is 514 g/mol. The molecular formula is C28H28Cl2OZr-2. The van der Waals surface area contributed by atoms with Crippen LogP contribution in [0, 0.1) is 0 Å². The summed E-state index contributed by atoms with van der Waals surface area (Å²) >= 11 is -1.84. The fraction of sp³-hybridized carbons (Fsp3) is 0.179. The van der Waals surface area contributed by atoms with Gasteiger partial charge >= 0.3 is 53.0 Å². The minimum atomic E-state index is -1.84. The quantitative estimate of drug-likeness (QED) is 0.227. The van der Waals surface area contributed by atoms with Crippen molar-refractivity contribution in [3.63, 3.8) is 0 Å². The number of hydrogen-bond acceptors (Lipinski definition) is 1. The van der Waals surface area contributed by atoms with Gasteiger partial charge in [0, 0.05) is 6.61 Å². The molecule has 0 aromatic heterocycles. The van der Waals surface area contributed by atoms with Gasteiger partial charge < -0.3 is 5.11 Å². The van der Waals surface area contributed by atoms with Crippen LogP contribution in [0.15, 0.2) is 91.0 Å². The molecule has 4 heteroatoms. The summed E-state index contributed by atoms with van der Waals surface area (Å²) in [6.45, 7) is 4.24. The molecule has 0 saturated carbocycles. The molecule has 5 aromatic rings. The van der Waals surface area contributed by atoms with E-state index in [-0.39, 0.29) is 6.61 Å². The number of benzene rings is 3. The predicted octanol–water partition coefficient (Wildman–Crippen LogP) is 8.32. The molecule has 32 heavy (non-hydrogen) atoms. The first-order chi connectivity index (χ1) is 15.5. The number of hydrogen-bond donors (Lipinski definition) is 1. The van der Waals surface area contributed by atoms with E-state index >= 15 is 0 Å². The van der Waals surface area contributed by atoms with Crippen LogP contribution in [0.2, 0.25) is 0 Å². The molecule has 5 rings (SSSR count). The van der Waals surface area contributed by atoms with Crippen LogP contribution in [0.3, 0.4) is 0 Å². The zero-order valence-electron chi connectivity index (χ0n) is 18.5. The first-order valence-corrected chi connectivity index (χ1v) is 18.3. The zero-order valence-corrected chi connectivity index (χ0v) is 22.5. The summed E-state index contributed by atoms with van der Waals surface area (Å²) in [5, 5.41) is 16.7. The average molecular weight is 543 g/mol. The Morgan fingerprint density at radius 1 is 0.781 bits per heavy atom. The van der Waals surface area contributed by atoms with Gasteiger partial charge in [0.05, 0.1) is 0 Å². The van der Waals surface area contributed by atoms with Crippen molar-refractivity contribution < 1.29 is 24.0 Å². The number of aliphatic hydroxyl groups is 1. The van der Waals surface area contributed by atoms with E-state index in [1.165, 1.54) is 41.1 Å². The predicted molar refractivity (Wildman–Crippen MR) is 140 cm³/mol. The Bertz CT molecular complexity index is 1210. The molecule has 0 bridgehead atoms. The van der Waals surface area contributed by atoms with Crippen molar-refractivity contribution in [2.75, 3.05) is 6.61 Å². The van der Waals surface area contributed by atoms with Crippen LogP contribution < -0.4 is 0 Å². The largest absolute Gasteiger partial charge is 0.396 e. The van der Waals surface area contributed by atoms with E-state index in [4.69, 9.17) is 22.1 Å². The van der Waals surface area contributed by atoms with Gasteiger partial charge in [0.2, 0.25) is 0 Å². The maximum atomic E-state index is 8.70. The third-order valence-corrected chi connectivity index (χ3v) is 11.5. The smallest absolute Gasteiger partial charge is 0.0433 e. The van der Waals surface area contributed by atoms with Gasteiger partial charge in [-0.2, -0.15) is 6.07 Å². The van der Waals surface area contributed by atoms with Crippen molar-refractivity contribution in [3.8, 4) is 0 Å². The van der Waals surface area contributed by atoms with Crippen molar-refractivity contribution in [3.05, 3.63) is 96.6 Å². The molecule has 0 spiro atoms. The third-order valence-electron chi connectivity index (χ3n) is 5.20. The number of fused-ring (bicyclic) bond motifs is 4. The molecule has 5 aromatic carbocycles. The summed E-state index contributed by atoms with van der Waals surface area (Å²) in [4.78, 5) is 0. The van der Waals surface area contributed by atoms with Crippen LogP contribution in [-0.4, -0.2) is 14.9 Å². The molecule has 0 aliphatic carbocycles. The molecule has 0 heterocycles. The van der Waals surface area contributed by atoms with Crippen LogP contribution in [0.1, 0.15) is 25.8 Å². The molecule has 1 N–H and O–H groups in total. The topological polar surface area (TPSA) is 20.2 Å². The standard InChI is InChI=1S/C13H9.C12H13O.C3H6.2ClH.Zr/c1-3-7-12-10(5-1)9-11-6-2-4-8-13(11)12;13-7-3-4-10-8-11-5-1-2-6-12(11)9-10;1-3-2;;;/h1-9H;1-2,5-6,8-9,13H,3-4,7H2;1-2H3;2*1H;/q2*-1;;;;+2/p-2.